The van der Waals surface area contributed by atoms with Crippen LogP contribution in [0.4, 0.5) is 0 Å². The molecule has 4 aromatic rings. The van der Waals surface area contributed by atoms with Gasteiger partial charge in [-0.25, -0.2) is 4.79 Å². The highest BCUT2D eigenvalue weighted by Gasteiger charge is 2.25. The number of hydrogen-bond acceptors (Lipinski definition) is 5. The Labute approximate surface area is 223 Å². The lowest BCUT2D eigenvalue weighted by atomic mass is 10.1. The third-order valence-corrected chi connectivity index (χ3v) is 6.40. The SMILES string of the molecule is Cc1cc(=O)c(OCc2ccccc2)c(C(=O)OC(N)CCc2ccccc2)n1CCCc1ccccc1. The molecule has 0 amide bonds. The maximum absolute atomic E-state index is 13.5. The molecule has 0 bridgehead atoms. The highest BCUT2D eigenvalue weighted by Crippen LogP contribution is 2.21. The number of nitrogens with two attached hydrogens (primary N) is 1. The fourth-order valence-corrected chi connectivity index (χ4v) is 4.40. The summed E-state index contributed by atoms with van der Waals surface area (Å²) in [5.41, 5.74) is 9.83. The van der Waals surface area contributed by atoms with Crippen molar-refractivity contribution < 1.29 is 14.3 Å². The van der Waals surface area contributed by atoms with E-state index in [1.807, 2.05) is 90.4 Å². The molecule has 1 atom stereocenters. The summed E-state index contributed by atoms with van der Waals surface area (Å²) in [7, 11) is 0. The molecule has 0 saturated carbocycles. The molecule has 1 heterocycles. The predicted molar refractivity (Wildman–Crippen MR) is 149 cm³/mol. The van der Waals surface area contributed by atoms with Gasteiger partial charge in [0.25, 0.3) is 0 Å². The number of carbonyl (C=O) groups is 1. The molecule has 4 rings (SSSR count). The molecule has 2 N–H and O–H groups in total. The first-order valence-corrected chi connectivity index (χ1v) is 13.0. The molecule has 0 aliphatic heterocycles. The van der Waals surface area contributed by atoms with E-state index in [4.69, 9.17) is 15.2 Å². The van der Waals surface area contributed by atoms with E-state index in [-0.39, 0.29) is 23.5 Å². The monoisotopic (exact) mass is 510 g/mol. The molecule has 6 heteroatoms. The number of ether oxygens (including phenoxy) is 2. The number of aromatic nitrogens is 1. The third-order valence-electron chi connectivity index (χ3n) is 6.40. The van der Waals surface area contributed by atoms with Crippen LogP contribution < -0.4 is 15.9 Å². The van der Waals surface area contributed by atoms with Crippen LogP contribution >= 0.6 is 0 Å². The van der Waals surface area contributed by atoms with Crippen LogP contribution in [0.2, 0.25) is 0 Å². The zero-order valence-corrected chi connectivity index (χ0v) is 21.7. The van der Waals surface area contributed by atoms with Gasteiger partial charge in [-0.15, -0.1) is 0 Å². The van der Waals surface area contributed by atoms with E-state index in [1.165, 1.54) is 11.6 Å². The molecule has 6 nitrogen and oxygen atoms in total. The van der Waals surface area contributed by atoms with E-state index in [0.29, 0.717) is 25.1 Å². The lowest BCUT2D eigenvalue weighted by Gasteiger charge is -2.21. The van der Waals surface area contributed by atoms with E-state index in [2.05, 4.69) is 12.1 Å². The molecule has 1 aromatic heterocycles. The topological polar surface area (TPSA) is 83.6 Å². The minimum Gasteiger partial charge on any atom is -0.482 e. The van der Waals surface area contributed by atoms with Gasteiger partial charge in [0.05, 0.1) is 0 Å². The lowest BCUT2D eigenvalue weighted by molar-refractivity contribution is 0.0278. The van der Waals surface area contributed by atoms with E-state index in [1.54, 1.807) is 0 Å². The summed E-state index contributed by atoms with van der Waals surface area (Å²) in [5, 5.41) is 0. The Kier molecular flexibility index (Phi) is 9.48. The molecule has 0 spiro atoms. The first kappa shape index (κ1) is 26.9. The molecule has 0 aliphatic rings. The standard InChI is InChI=1S/C32H34N2O4/c1-24-22-28(35)31(37-23-27-16-9-4-10-17-27)30(34(24)21-11-18-25-12-5-2-6-13-25)32(36)38-29(33)20-19-26-14-7-3-8-15-26/h2-10,12-17,22,29H,11,18-21,23,33H2,1H3. The molecule has 3 aromatic carbocycles. The van der Waals surface area contributed by atoms with Crippen molar-refractivity contribution in [3.05, 3.63) is 135 Å². The van der Waals surface area contributed by atoms with E-state index < -0.39 is 12.2 Å². The molecule has 0 radical (unpaired) electrons. The van der Waals surface area contributed by atoms with Crippen LogP contribution in [0.5, 0.6) is 5.75 Å². The van der Waals surface area contributed by atoms with Crippen molar-refractivity contribution in [2.24, 2.45) is 5.73 Å². The van der Waals surface area contributed by atoms with E-state index >= 15 is 0 Å². The summed E-state index contributed by atoms with van der Waals surface area (Å²) in [6, 6.07) is 31.1. The van der Waals surface area contributed by atoms with Crippen molar-refractivity contribution in [2.45, 2.75) is 52.0 Å². The Morgan fingerprint density at radius 3 is 2.00 bits per heavy atom. The largest absolute Gasteiger partial charge is 0.482 e. The quantitative estimate of drug-likeness (QED) is 0.203. The summed E-state index contributed by atoms with van der Waals surface area (Å²) in [5.74, 6) is -0.673. The smallest absolute Gasteiger partial charge is 0.360 e. The van der Waals surface area contributed by atoms with Crippen LogP contribution in [-0.2, 0) is 30.7 Å². The molecule has 0 saturated heterocycles. The van der Waals surface area contributed by atoms with Gasteiger partial charge >= 0.3 is 5.97 Å². The normalized spacial score (nSPS) is 11.6. The number of benzene rings is 3. The van der Waals surface area contributed by atoms with Crippen LogP contribution in [0.1, 0.15) is 45.7 Å². The number of aryl methyl sites for hydroxylation is 3. The van der Waals surface area contributed by atoms with Crippen LogP contribution in [0.3, 0.4) is 0 Å². The Morgan fingerprint density at radius 1 is 0.842 bits per heavy atom. The Bertz CT molecular complexity index is 1370. The lowest BCUT2D eigenvalue weighted by Crippen LogP contribution is -2.31. The van der Waals surface area contributed by atoms with Gasteiger partial charge in [0.1, 0.15) is 6.61 Å². The molecule has 196 valence electrons. The number of esters is 1. The van der Waals surface area contributed by atoms with Gasteiger partial charge in [0.15, 0.2) is 17.7 Å². The van der Waals surface area contributed by atoms with Crippen molar-refractivity contribution >= 4 is 5.97 Å². The second-order valence-electron chi connectivity index (χ2n) is 9.31. The fourth-order valence-electron chi connectivity index (χ4n) is 4.40. The number of carbonyl (C=O) groups excluding carboxylic acids is 1. The third kappa shape index (κ3) is 7.43. The van der Waals surface area contributed by atoms with Crippen LogP contribution in [0.15, 0.2) is 102 Å². The maximum atomic E-state index is 13.5. The van der Waals surface area contributed by atoms with Gasteiger partial charge in [0.2, 0.25) is 5.43 Å². The summed E-state index contributed by atoms with van der Waals surface area (Å²) >= 11 is 0. The second kappa shape index (κ2) is 13.4. The van der Waals surface area contributed by atoms with Crippen LogP contribution in [-0.4, -0.2) is 16.8 Å². The Balaban J connectivity index is 1.56. The molecule has 1 unspecified atom stereocenters. The minimum absolute atomic E-state index is 0.0144. The zero-order chi connectivity index (χ0) is 26.7. The van der Waals surface area contributed by atoms with E-state index in [9.17, 15) is 9.59 Å². The van der Waals surface area contributed by atoms with Crippen LogP contribution in [0.25, 0.3) is 0 Å². The molecule has 0 aliphatic carbocycles. The number of hydrogen-bond donors (Lipinski definition) is 1. The number of nitrogens with zero attached hydrogens (tertiary/aromatic N) is 1. The summed E-state index contributed by atoms with van der Waals surface area (Å²) < 4.78 is 13.5. The zero-order valence-electron chi connectivity index (χ0n) is 21.7. The minimum atomic E-state index is -0.821. The highest BCUT2D eigenvalue weighted by atomic mass is 16.6. The van der Waals surface area contributed by atoms with Crippen molar-refractivity contribution in [3.8, 4) is 5.75 Å². The van der Waals surface area contributed by atoms with Crippen molar-refractivity contribution in [3.63, 3.8) is 0 Å². The van der Waals surface area contributed by atoms with Gasteiger partial charge in [-0.2, -0.15) is 0 Å². The Morgan fingerprint density at radius 2 is 1.39 bits per heavy atom. The second-order valence-corrected chi connectivity index (χ2v) is 9.31. The average molecular weight is 511 g/mol. The highest BCUT2D eigenvalue weighted by molar-refractivity contribution is 5.91. The van der Waals surface area contributed by atoms with Crippen molar-refractivity contribution in [2.75, 3.05) is 0 Å². The van der Waals surface area contributed by atoms with E-state index in [0.717, 1.165) is 24.0 Å². The maximum Gasteiger partial charge on any atom is 0.360 e. The van der Waals surface area contributed by atoms with Gasteiger partial charge in [0, 0.05) is 24.7 Å². The van der Waals surface area contributed by atoms with Gasteiger partial charge in [-0.3, -0.25) is 10.5 Å². The van der Waals surface area contributed by atoms with Crippen molar-refractivity contribution in [1.29, 1.82) is 0 Å². The molecular weight excluding hydrogens is 476 g/mol. The molecule has 0 fully saturated rings. The fraction of sp³-hybridized carbons (Fsp3) is 0.250. The van der Waals surface area contributed by atoms with Crippen LogP contribution in [0, 0.1) is 6.92 Å². The summed E-state index contributed by atoms with van der Waals surface area (Å²) in [6.45, 7) is 2.49. The average Bonchev–Trinajstić information content (AvgIpc) is 2.94. The van der Waals surface area contributed by atoms with Gasteiger partial charge in [-0.1, -0.05) is 91.0 Å². The first-order chi connectivity index (χ1) is 18.5. The van der Waals surface area contributed by atoms with Crippen molar-refractivity contribution in [1.82, 2.24) is 4.57 Å². The van der Waals surface area contributed by atoms with Gasteiger partial charge in [-0.05, 0) is 42.9 Å². The summed E-state index contributed by atoms with van der Waals surface area (Å²) in [6.07, 6.45) is 1.91. The van der Waals surface area contributed by atoms with Gasteiger partial charge < -0.3 is 14.0 Å². The first-order valence-electron chi connectivity index (χ1n) is 13.0. The summed E-state index contributed by atoms with van der Waals surface area (Å²) in [4.78, 5) is 26.6. The molecule has 38 heavy (non-hydrogen) atoms. The Hall–Kier alpha value is -4.16. The number of pyridine rings is 1. The number of rotatable bonds is 12. The molecular formula is C32H34N2O4. The predicted octanol–water partition coefficient (Wildman–Crippen LogP) is 5.44.